The number of hydrogen-bond acceptors (Lipinski definition) is 6. The lowest BCUT2D eigenvalue weighted by Crippen LogP contribution is -2.31. The molecule has 1 aliphatic heterocycles. The first kappa shape index (κ1) is 26.3. The zero-order valence-electron chi connectivity index (χ0n) is 21.2. The van der Waals surface area contributed by atoms with Gasteiger partial charge in [0.1, 0.15) is 16.4 Å². The van der Waals surface area contributed by atoms with Crippen molar-refractivity contribution in [2.45, 2.75) is 25.3 Å². The third-order valence-electron chi connectivity index (χ3n) is 6.25. The molecule has 7 nitrogen and oxygen atoms in total. The Bertz CT molecular complexity index is 1600. The van der Waals surface area contributed by atoms with E-state index in [4.69, 9.17) is 16.0 Å². The summed E-state index contributed by atoms with van der Waals surface area (Å²) in [5.41, 5.74) is 4.05. The van der Waals surface area contributed by atoms with Gasteiger partial charge in [-0.1, -0.05) is 41.6 Å². The van der Waals surface area contributed by atoms with Gasteiger partial charge in [0, 0.05) is 16.3 Å². The van der Waals surface area contributed by atoms with Gasteiger partial charge in [-0.2, -0.15) is 0 Å². The minimum Gasteiger partial charge on any atom is -0.467 e. The molecule has 0 radical (unpaired) electrons. The minimum atomic E-state index is -0.430. The van der Waals surface area contributed by atoms with Crippen molar-refractivity contribution in [2.75, 3.05) is 10.6 Å². The van der Waals surface area contributed by atoms with Crippen molar-refractivity contribution in [3.8, 4) is 0 Å². The lowest BCUT2D eigenvalue weighted by atomic mass is 10.1. The maximum absolute atomic E-state index is 13.4. The van der Waals surface area contributed by atoms with Crippen LogP contribution in [-0.2, 0) is 16.1 Å². The van der Waals surface area contributed by atoms with Crippen molar-refractivity contribution in [2.24, 2.45) is 0 Å². The van der Waals surface area contributed by atoms with Gasteiger partial charge in [-0.25, -0.2) is 0 Å². The van der Waals surface area contributed by atoms with Crippen LogP contribution in [0.5, 0.6) is 0 Å². The lowest BCUT2D eigenvalue weighted by molar-refractivity contribution is -0.138. The highest BCUT2D eigenvalue weighted by molar-refractivity contribution is 8.04. The number of anilines is 2. The van der Waals surface area contributed by atoms with Gasteiger partial charge in [-0.15, -0.1) is 0 Å². The molecule has 4 aromatic rings. The molecule has 0 aliphatic carbocycles. The maximum atomic E-state index is 13.4. The van der Waals surface area contributed by atoms with Crippen LogP contribution >= 0.6 is 23.4 Å². The van der Waals surface area contributed by atoms with Crippen LogP contribution < -0.4 is 10.6 Å². The summed E-state index contributed by atoms with van der Waals surface area (Å²) < 4.78 is 5.38. The average Bonchev–Trinajstić information content (AvgIpc) is 3.51. The Hall–Kier alpha value is -4.27. The number of aryl methyl sites for hydroxylation is 2. The first-order chi connectivity index (χ1) is 18.8. The Morgan fingerprint density at radius 2 is 1.64 bits per heavy atom. The predicted octanol–water partition coefficient (Wildman–Crippen LogP) is 6.79. The van der Waals surface area contributed by atoms with Crippen LogP contribution in [0.3, 0.4) is 0 Å². The Labute approximate surface area is 234 Å². The van der Waals surface area contributed by atoms with Crippen LogP contribution in [0.4, 0.5) is 11.4 Å². The lowest BCUT2D eigenvalue weighted by Gasteiger charge is -2.14. The second-order valence-corrected chi connectivity index (χ2v) is 10.5. The van der Waals surface area contributed by atoms with Gasteiger partial charge < -0.3 is 15.1 Å². The molecule has 0 bridgehead atoms. The first-order valence-corrected chi connectivity index (χ1v) is 13.3. The fourth-order valence-corrected chi connectivity index (χ4v) is 5.16. The summed E-state index contributed by atoms with van der Waals surface area (Å²) in [7, 11) is 0. The smallest absolute Gasteiger partial charge is 0.278 e. The second-order valence-electron chi connectivity index (χ2n) is 8.96. The van der Waals surface area contributed by atoms with Crippen molar-refractivity contribution in [3.05, 3.63) is 123 Å². The summed E-state index contributed by atoms with van der Waals surface area (Å²) in [6.07, 6.45) is 1.50. The average molecular weight is 558 g/mol. The van der Waals surface area contributed by atoms with Gasteiger partial charge in [-0.05, 0) is 85.6 Å². The van der Waals surface area contributed by atoms with Gasteiger partial charge in [0.05, 0.1) is 23.4 Å². The summed E-state index contributed by atoms with van der Waals surface area (Å²) in [6.45, 7) is 4.02. The summed E-state index contributed by atoms with van der Waals surface area (Å²) >= 11 is 7.31. The van der Waals surface area contributed by atoms with E-state index in [1.807, 2.05) is 32.0 Å². The molecule has 0 saturated heterocycles. The number of halogens is 1. The molecule has 9 heteroatoms. The highest BCUT2D eigenvalue weighted by Gasteiger charge is 2.39. The summed E-state index contributed by atoms with van der Waals surface area (Å²) in [5.74, 6) is -0.662. The molecule has 0 saturated carbocycles. The van der Waals surface area contributed by atoms with Gasteiger partial charge >= 0.3 is 0 Å². The molecule has 3 amide bonds. The van der Waals surface area contributed by atoms with E-state index in [0.29, 0.717) is 27.7 Å². The Morgan fingerprint density at radius 3 is 2.33 bits per heavy atom. The fourth-order valence-electron chi connectivity index (χ4n) is 3.99. The van der Waals surface area contributed by atoms with E-state index in [1.54, 1.807) is 60.7 Å². The number of nitrogens with one attached hydrogen (secondary N) is 2. The van der Waals surface area contributed by atoms with Crippen molar-refractivity contribution in [3.63, 3.8) is 0 Å². The molecule has 1 aromatic heterocycles. The number of benzene rings is 3. The van der Waals surface area contributed by atoms with E-state index in [0.717, 1.165) is 16.0 Å². The monoisotopic (exact) mass is 557 g/mol. The molecular weight excluding hydrogens is 534 g/mol. The third-order valence-corrected chi connectivity index (χ3v) is 7.67. The molecule has 196 valence electrons. The van der Waals surface area contributed by atoms with Crippen molar-refractivity contribution >= 4 is 52.5 Å². The molecule has 0 spiro atoms. The van der Waals surface area contributed by atoms with Gasteiger partial charge in [0.15, 0.2) is 0 Å². The van der Waals surface area contributed by atoms with E-state index >= 15 is 0 Å². The minimum absolute atomic E-state index is 0.0276. The first-order valence-electron chi connectivity index (χ1n) is 12.1. The van der Waals surface area contributed by atoms with Crippen molar-refractivity contribution in [1.29, 1.82) is 0 Å². The molecule has 1 aliphatic rings. The number of carbonyl (C=O) groups excluding carboxylic acids is 3. The largest absolute Gasteiger partial charge is 0.467 e. The third kappa shape index (κ3) is 5.77. The van der Waals surface area contributed by atoms with Gasteiger partial charge in [-0.3, -0.25) is 19.3 Å². The number of nitrogens with zero attached hydrogens (tertiary/aromatic N) is 1. The highest BCUT2D eigenvalue weighted by Crippen LogP contribution is 2.37. The Balaban J connectivity index is 1.39. The summed E-state index contributed by atoms with van der Waals surface area (Å²) in [4.78, 5) is 41.6. The number of thioether (sulfide) groups is 1. The van der Waals surface area contributed by atoms with E-state index in [-0.39, 0.29) is 23.1 Å². The van der Waals surface area contributed by atoms with E-state index in [1.165, 1.54) is 22.9 Å². The Morgan fingerprint density at radius 1 is 0.897 bits per heavy atom. The molecule has 0 fully saturated rings. The van der Waals surface area contributed by atoms with Gasteiger partial charge in [0.25, 0.3) is 17.7 Å². The molecule has 2 N–H and O–H groups in total. The van der Waals surface area contributed by atoms with Crippen LogP contribution in [-0.4, -0.2) is 22.6 Å². The zero-order valence-corrected chi connectivity index (χ0v) is 22.7. The molecule has 0 unspecified atom stereocenters. The standard InChI is InChI=1S/C30H24ClN3O4S/c1-18-9-10-21(16-19(18)2)32-26-27(30(37)34(29(26)36)17-22-6-5-15-38-22)39-23-13-11-20(12-14-23)33-28(35)24-7-3-4-8-25(24)31/h3-16,32H,17H2,1-2H3,(H,33,35). The Kier molecular flexibility index (Phi) is 7.58. The van der Waals surface area contributed by atoms with E-state index in [2.05, 4.69) is 10.6 Å². The molecule has 2 heterocycles. The quantitative estimate of drug-likeness (QED) is 0.232. The number of amides is 3. The molecule has 0 atom stereocenters. The van der Waals surface area contributed by atoms with Crippen LogP contribution in [0.25, 0.3) is 0 Å². The molecular formula is C30H24ClN3O4S. The van der Waals surface area contributed by atoms with Crippen LogP contribution in [0.15, 0.2) is 105 Å². The van der Waals surface area contributed by atoms with E-state index < -0.39 is 11.8 Å². The zero-order chi connectivity index (χ0) is 27.5. The maximum Gasteiger partial charge on any atom is 0.278 e. The molecule has 5 rings (SSSR count). The van der Waals surface area contributed by atoms with Crippen LogP contribution in [0.2, 0.25) is 5.02 Å². The van der Waals surface area contributed by atoms with Crippen LogP contribution in [0, 0.1) is 13.8 Å². The summed E-state index contributed by atoms with van der Waals surface area (Å²) in [6, 6.07) is 23.0. The number of hydrogen-bond donors (Lipinski definition) is 2. The molecule has 39 heavy (non-hydrogen) atoms. The van der Waals surface area contributed by atoms with E-state index in [9.17, 15) is 14.4 Å². The predicted molar refractivity (Wildman–Crippen MR) is 153 cm³/mol. The fraction of sp³-hybridized carbons (Fsp3) is 0.100. The highest BCUT2D eigenvalue weighted by atomic mass is 35.5. The molecule has 3 aromatic carbocycles. The number of furan rings is 1. The number of rotatable bonds is 8. The normalized spacial score (nSPS) is 13.3. The number of carbonyl (C=O) groups is 3. The summed E-state index contributed by atoms with van der Waals surface area (Å²) in [5, 5.41) is 6.36. The topological polar surface area (TPSA) is 91.7 Å². The second kappa shape index (κ2) is 11.2. The van der Waals surface area contributed by atoms with Crippen LogP contribution in [0.1, 0.15) is 27.2 Å². The van der Waals surface area contributed by atoms with Gasteiger partial charge in [0.2, 0.25) is 0 Å². The van der Waals surface area contributed by atoms with Crippen molar-refractivity contribution < 1.29 is 18.8 Å². The SMILES string of the molecule is Cc1ccc(NC2=C(Sc3ccc(NC(=O)c4ccccc4Cl)cc3)C(=O)N(Cc3ccco3)C2=O)cc1C. The van der Waals surface area contributed by atoms with Crippen molar-refractivity contribution in [1.82, 2.24) is 4.90 Å². The number of imide groups is 1.